The predicted molar refractivity (Wildman–Crippen MR) is 54.8 cm³/mol. The van der Waals surface area contributed by atoms with Gasteiger partial charge in [-0.1, -0.05) is 24.3 Å². The van der Waals surface area contributed by atoms with E-state index in [2.05, 4.69) is 0 Å². The first kappa shape index (κ1) is 11.7. The Morgan fingerprint density at radius 3 is 2.47 bits per heavy atom. The van der Waals surface area contributed by atoms with Crippen LogP contribution in [0.4, 0.5) is 13.2 Å². The maximum absolute atomic E-state index is 12.3. The number of halogens is 3. The summed E-state index contributed by atoms with van der Waals surface area (Å²) in [7, 11) is 0. The van der Waals surface area contributed by atoms with E-state index in [1.54, 1.807) is 18.2 Å². The summed E-state index contributed by atoms with van der Waals surface area (Å²) < 4.78 is 37.0. The molecule has 0 fully saturated rings. The highest BCUT2D eigenvalue weighted by molar-refractivity contribution is 6.11. The molecule has 1 aromatic carbocycles. The van der Waals surface area contributed by atoms with Crippen LogP contribution in [0.2, 0.25) is 0 Å². The summed E-state index contributed by atoms with van der Waals surface area (Å²) in [6.45, 7) is 0. The second-order valence-corrected chi connectivity index (χ2v) is 3.81. The molecule has 5 heteroatoms. The zero-order valence-corrected chi connectivity index (χ0v) is 8.71. The number of carbonyl (C=O) groups is 1. The molecule has 1 N–H and O–H groups in total. The molecule has 1 aliphatic carbocycles. The number of aryl methyl sites for hydroxylation is 1. The molecule has 90 valence electrons. The van der Waals surface area contributed by atoms with E-state index in [0.717, 1.165) is 5.56 Å². The molecule has 0 saturated carbocycles. The van der Waals surface area contributed by atoms with E-state index in [1.807, 2.05) is 0 Å². The van der Waals surface area contributed by atoms with Crippen LogP contribution in [0.15, 0.2) is 35.6 Å². The van der Waals surface area contributed by atoms with Crippen molar-refractivity contribution in [1.82, 2.24) is 0 Å². The molecule has 17 heavy (non-hydrogen) atoms. The molecule has 2 nitrogen and oxygen atoms in total. The van der Waals surface area contributed by atoms with E-state index in [1.165, 1.54) is 6.07 Å². The molecule has 2 rings (SSSR count). The lowest BCUT2D eigenvalue weighted by Gasteiger charge is -2.19. The van der Waals surface area contributed by atoms with Gasteiger partial charge in [-0.2, -0.15) is 13.2 Å². The molecular formula is C12H9F3O2. The average Bonchev–Trinajstić information content (AvgIpc) is 2.28. The van der Waals surface area contributed by atoms with Crippen LogP contribution in [-0.2, 0) is 6.42 Å². The minimum atomic E-state index is -4.86. The van der Waals surface area contributed by atoms with Crippen molar-refractivity contribution < 1.29 is 23.1 Å². The van der Waals surface area contributed by atoms with Gasteiger partial charge in [0.1, 0.15) is 0 Å². The quantitative estimate of drug-likeness (QED) is 0.560. The molecule has 0 spiro atoms. The van der Waals surface area contributed by atoms with Crippen molar-refractivity contribution in [2.24, 2.45) is 0 Å². The van der Waals surface area contributed by atoms with Gasteiger partial charge in [-0.15, -0.1) is 0 Å². The van der Waals surface area contributed by atoms with Crippen LogP contribution in [0.1, 0.15) is 22.3 Å². The molecule has 0 amide bonds. The maximum atomic E-state index is 12.3. The summed E-state index contributed by atoms with van der Waals surface area (Å²) in [4.78, 5) is 11.8. The van der Waals surface area contributed by atoms with Crippen LogP contribution in [0, 0.1) is 0 Å². The molecule has 0 bridgehead atoms. The van der Waals surface area contributed by atoms with Gasteiger partial charge in [0.15, 0.2) is 5.78 Å². The summed E-state index contributed by atoms with van der Waals surface area (Å²) in [5, 5.41) is 9.04. The molecule has 1 aliphatic rings. The first-order valence-corrected chi connectivity index (χ1v) is 5.03. The van der Waals surface area contributed by atoms with Crippen molar-refractivity contribution in [2.45, 2.75) is 19.0 Å². The number of hydrogen-bond acceptors (Lipinski definition) is 2. The van der Waals surface area contributed by atoms with Crippen molar-refractivity contribution in [3.05, 3.63) is 46.7 Å². The molecule has 0 heterocycles. The van der Waals surface area contributed by atoms with Gasteiger partial charge in [0, 0.05) is 11.1 Å². The number of Topliss-reactive ketones (excluding diaryl/α,β-unsaturated/α-hetero) is 1. The number of carbonyl (C=O) groups excluding carboxylic acids is 1. The fourth-order valence-electron chi connectivity index (χ4n) is 1.89. The van der Waals surface area contributed by atoms with E-state index < -0.39 is 23.3 Å². The van der Waals surface area contributed by atoms with E-state index in [0.29, 0.717) is 6.42 Å². The van der Waals surface area contributed by atoms with Crippen LogP contribution < -0.4 is 0 Å². The number of alkyl halides is 3. The maximum Gasteiger partial charge on any atom is 0.449 e. The molecule has 0 aliphatic heterocycles. The zero-order valence-electron chi connectivity index (χ0n) is 8.71. The number of aliphatic hydroxyl groups is 1. The minimum Gasteiger partial charge on any atom is -0.504 e. The van der Waals surface area contributed by atoms with Gasteiger partial charge >= 0.3 is 6.18 Å². The van der Waals surface area contributed by atoms with Gasteiger partial charge in [0.05, 0.1) is 0 Å². The highest BCUT2D eigenvalue weighted by Gasteiger charge is 2.39. The summed E-state index contributed by atoms with van der Waals surface area (Å²) in [5.74, 6) is -2.50. The monoisotopic (exact) mass is 242 g/mol. The highest BCUT2D eigenvalue weighted by atomic mass is 19.4. The number of fused-ring (bicyclic) bond motifs is 1. The van der Waals surface area contributed by atoms with Crippen LogP contribution >= 0.6 is 0 Å². The van der Waals surface area contributed by atoms with Crippen molar-refractivity contribution in [2.75, 3.05) is 0 Å². The topological polar surface area (TPSA) is 37.3 Å². The Hall–Kier alpha value is -1.78. The molecule has 0 unspecified atom stereocenters. The van der Waals surface area contributed by atoms with Gasteiger partial charge < -0.3 is 5.11 Å². The second-order valence-electron chi connectivity index (χ2n) is 3.81. The fourth-order valence-corrected chi connectivity index (χ4v) is 1.89. The Balaban J connectivity index is 2.49. The summed E-state index contributed by atoms with van der Waals surface area (Å²) in [6, 6.07) is 6.49. The normalized spacial score (nSPS) is 18.9. The number of aliphatic hydroxyl groups excluding tert-OH is 1. The second kappa shape index (κ2) is 3.91. The van der Waals surface area contributed by atoms with Crippen LogP contribution in [0.25, 0.3) is 0 Å². The summed E-state index contributed by atoms with van der Waals surface area (Å²) >= 11 is 0. The highest BCUT2D eigenvalue weighted by Crippen LogP contribution is 2.33. The summed E-state index contributed by atoms with van der Waals surface area (Å²) in [5.41, 5.74) is 0.414. The molecule has 0 saturated heterocycles. The van der Waals surface area contributed by atoms with Gasteiger partial charge in [-0.05, 0) is 18.4 Å². The third kappa shape index (κ3) is 2.05. The van der Waals surface area contributed by atoms with E-state index in [9.17, 15) is 18.0 Å². The molecule has 0 radical (unpaired) electrons. The molecule has 0 aromatic heterocycles. The van der Waals surface area contributed by atoms with Crippen LogP contribution in [0.5, 0.6) is 0 Å². The van der Waals surface area contributed by atoms with Crippen molar-refractivity contribution >= 4 is 5.78 Å². The lowest BCUT2D eigenvalue weighted by Crippen LogP contribution is -2.22. The van der Waals surface area contributed by atoms with Crippen molar-refractivity contribution in [1.29, 1.82) is 0 Å². The smallest absolute Gasteiger partial charge is 0.449 e. The summed E-state index contributed by atoms with van der Waals surface area (Å²) in [6.07, 6.45) is -4.62. The molecular weight excluding hydrogens is 233 g/mol. The first-order chi connectivity index (χ1) is 7.91. The third-order valence-corrected chi connectivity index (χ3v) is 2.73. The number of benzene rings is 1. The average molecular weight is 242 g/mol. The zero-order chi connectivity index (χ0) is 12.6. The SMILES string of the molecule is O=C1C(=C(O)C(F)(F)F)CCc2ccccc21. The Morgan fingerprint density at radius 2 is 1.82 bits per heavy atom. The Kier molecular flexibility index (Phi) is 2.69. The van der Waals surface area contributed by atoms with Crippen molar-refractivity contribution in [3.63, 3.8) is 0 Å². The first-order valence-electron chi connectivity index (χ1n) is 5.03. The van der Waals surface area contributed by atoms with Gasteiger partial charge in [-0.3, -0.25) is 4.79 Å². The molecule has 0 atom stereocenters. The van der Waals surface area contributed by atoms with Gasteiger partial charge in [0.2, 0.25) is 5.76 Å². The lowest BCUT2D eigenvalue weighted by atomic mass is 9.86. The largest absolute Gasteiger partial charge is 0.504 e. The molecule has 1 aromatic rings. The lowest BCUT2D eigenvalue weighted by molar-refractivity contribution is -0.121. The van der Waals surface area contributed by atoms with E-state index in [4.69, 9.17) is 5.11 Å². The van der Waals surface area contributed by atoms with Crippen LogP contribution in [-0.4, -0.2) is 17.1 Å². The Morgan fingerprint density at radius 1 is 1.18 bits per heavy atom. The van der Waals surface area contributed by atoms with Gasteiger partial charge in [0.25, 0.3) is 0 Å². The third-order valence-electron chi connectivity index (χ3n) is 2.73. The number of hydrogen-bond donors (Lipinski definition) is 1. The predicted octanol–water partition coefficient (Wildman–Crippen LogP) is 3.19. The Labute approximate surface area is 95.4 Å². The van der Waals surface area contributed by atoms with Crippen LogP contribution in [0.3, 0.4) is 0 Å². The van der Waals surface area contributed by atoms with Gasteiger partial charge in [-0.25, -0.2) is 0 Å². The number of rotatable bonds is 0. The van der Waals surface area contributed by atoms with Crippen molar-refractivity contribution in [3.8, 4) is 0 Å². The number of allylic oxidation sites excluding steroid dienone is 2. The number of ketones is 1. The standard InChI is InChI=1S/C12H9F3O2/c13-12(14,15)11(17)9-6-5-7-3-1-2-4-8(7)10(9)16/h1-4,17H,5-6H2. The minimum absolute atomic E-state index is 0.0822. The Bertz CT molecular complexity index is 501. The van der Waals surface area contributed by atoms with E-state index in [-0.39, 0.29) is 12.0 Å². The van der Waals surface area contributed by atoms with E-state index >= 15 is 0 Å². The fraction of sp³-hybridized carbons (Fsp3) is 0.250.